The van der Waals surface area contributed by atoms with E-state index in [1.54, 1.807) is 11.3 Å². The van der Waals surface area contributed by atoms with Crippen molar-refractivity contribution in [3.8, 4) is 0 Å². The van der Waals surface area contributed by atoms with Gasteiger partial charge in [-0.2, -0.15) is 0 Å². The molecule has 96 valence electrons. The van der Waals surface area contributed by atoms with Crippen LogP contribution in [0.2, 0.25) is 0 Å². The molecule has 2 unspecified atom stereocenters. The number of nitrogens with zero attached hydrogens (tertiary/aromatic N) is 1. The molecule has 18 heavy (non-hydrogen) atoms. The van der Waals surface area contributed by atoms with Crippen molar-refractivity contribution in [2.45, 2.75) is 32.6 Å². The fourth-order valence-corrected chi connectivity index (χ4v) is 3.74. The first-order valence-electron chi connectivity index (χ1n) is 6.92. The molecule has 0 radical (unpaired) electrons. The van der Waals surface area contributed by atoms with Crippen molar-refractivity contribution >= 4 is 26.7 Å². The number of rotatable bonds is 3. The van der Waals surface area contributed by atoms with Crippen LogP contribution < -0.4 is 5.32 Å². The molecule has 1 fully saturated rings. The summed E-state index contributed by atoms with van der Waals surface area (Å²) in [6.07, 6.45) is 5.58. The van der Waals surface area contributed by atoms with Crippen LogP contribution in [0.4, 0.5) is 5.13 Å². The van der Waals surface area contributed by atoms with Gasteiger partial charge >= 0.3 is 0 Å². The molecule has 3 rings (SSSR count). The predicted molar refractivity (Wildman–Crippen MR) is 79.2 cm³/mol. The molecule has 1 aliphatic rings. The highest BCUT2D eigenvalue weighted by molar-refractivity contribution is 7.22. The number of benzene rings is 1. The van der Waals surface area contributed by atoms with E-state index < -0.39 is 0 Å². The van der Waals surface area contributed by atoms with Crippen LogP contribution in [0, 0.1) is 11.8 Å². The molecule has 2 nitrogen and oxygen atoms in total. The highest BCUT2D eigenvalue weighted by Gasteiger charge is 2.21. The van der Waals surface area contributed by atoms with Crippen molar-refractivity contribution in [3.63, 3.8) is 0 Å². The molecule has 3 heteroatoms. The molecule has 0 aliphatic heterocycles. The monoisotopic (exact) mass is 260 g/mol. The number of thiazole rings is 1. The van der Waals surface area contributed by atoms with E-state index in [1.807, 2.05) is 0 Å². The summed E-state index contributed by atoms with van der Waals surface area (Å²) in [6, 6.07) is 8.35. The molecule has 0 bridgehead atoms. The standard InChI is InChI=1S/C15H20N2S/c1-11-6-2-3-7-12(11)10-16-15-17-13-8-4-5-9-14(13)18-15/h4-5,8-9,11-12H,2-3,6-7,10H2,1H3,(H,16,17). The third-order valence-corrected chi connectivity index (χ3v) is 5.09. The van der Waals surface area contributed by atoms with Crippen LogP contribution in [0.25, 0.3) is 10.2 Å². The molecule has 1 saturated carbocycles. The minimum atomic E-state index is 0.825. The minimum absolute atomic E-state index is 0.825. The van der Waals surface area contributed by atoms with E-state index in [9.17, 15) is 0 Å². The molecule has 1 aliphatic carbocycles. The highest BCUT2D eigenvalue weighted by atomic mass is 32.1. The van der Waals surface area contributed by atoms with Crippen molar-refractivity contribution in [1.29, 1.82) is 0 Å². The SMILES string of the molecule is CC1CCCCC1CNc1nc2ccccc2s1. The van der Waals surface area contributed by atoms with Gasteiger partial charge in [-0.15, -0.1) is 0 Å². The minimum Gasteiger partial charge on any atom is -0.361 e. The average Bonchev–Trinajstić information content (AvgIpc) is 2.80. The summed E-state index contributed by atoms with van der Waals surface area (Å²) in [6.45, 7) is 3.48. The summed E-state index contributed by atoms with van der Waals surface area (Å²) in [5.41, 5.74) is 1.11. The Kier molecular flexibility index (Phi) is 3.50. The Morgan fingerprint density at radius 1 is 1.28 bits per heavy atom. The van der Waals surface area contributed by atoms with Crippen LogP contribution in [-0.4, -0.2) is 11.5 Å². The number of anilines is 1. The van der Waals surface area contributed by atoms with Crippen LogP contribution in [0.15, 0.2) is 24.3 Å². The predicted octanol–water partition coefficient (Wildman–Crippen LogP) is 4.53. The highest BCUT2D eigenvalue weighted by Crippen LogP contribution is 2.31. The van der Waals surface area contributed by atoms with Crippen molar-refractivity contribution in [2.75, 3.05) is 11.9 Å². The molecule has 0 spiro atoms. The molecule has 1 N–H and O–H groups in total. The molecule has 2 atom stereocenters. The molecular weight excluding hydrogens is 240 g/mol. The van der Waals surface area contributed by atoms with Gasteiger partial charge in [0.15, 0.2) is 5.13 Å². The normalized spacial score (nSPS) is 24.3. The van der Waals surface area contributed by atoms with E-state index in [0.29, 0.717) is 0 Å². The first-order chi connectivity index (χ1) is 8.83. The summed E-state index contributed by atoms with van der Waals surface area (Å²) in [5, 5.41) is 4.62. The maximum absolute atomic E-state index is 4.63. The molecular formula is C15H20N2S. The fourth-order valence-electron chi connectivity index (χ4n) is 2.86. The Hall–Kier alpha value is -1.09. The number of aromatic nitrogens is 1. The van der Waals surface area contributed by atoms with Crippen LogP contribution in [0.1, 0.15) is 32.6 Å². The molecule has 1 aromatic heterocycles. The van der Waals surface area contributed by atoms with E-state index in [2.05, 4.69) is 41.5 Å². The number of para-hydroxylation sites is 1. The van der Waals surface area contributed by atoms with Crippen molar-refractivity contribution < 1.29 is 0 Å². The first kappa shape index (κ1) is 12.0. The number of hydrogen-bond acceptors (Lipinski definition) is 3. The third-order valence-electron chi connectivity index (χ3n) is 4.10. The van der Waals surface area contributed by atoms with Gasteiger partial charge in [0.1, 0.15) is 0 Å². The van der Waals surface area contributed by atoms with Gasteiger partial charge in [0.05, 0.1) is 10.2 Å². The fraction of sp³-hybridized carbons (Fsp3) is 0.533. The Morgan fingerprint density at radius 3 is 2.94 bits per heavy atom. The second-order valence-corrected chi connectivity index (χ2v) is 6.42. The van der Waals surface area contributed by atoms with Gasteiger partial charge in [-0.1, -0.05) is 49.7 Å². The molecule has 0 saturated heterocycles. The van der Waals surface area contributed by atoms with E-state index in [0.717, 1.165) is 29.0 Å². The van der Waals surface area contributed by atoms with Crippen molar-refractivity contribution in [1.82, 2.24) is 4.98 Å². The molecule has 1 heterocycles. The second kappa shape index (κ2) is 5.27. The largest absolute Gasteiger partial charge is 0.361 e. The first-order valence-corrected chi connectivity index (χ1v) is 7.74. The zero-order valence-corrected chi connectivity index (χ0v) is 11.7. The van der Waals surface area contributed by atoms with Crippen LogP contribution >= 0.6 is 11.3 Å². The summed E-state index contributed by atoms with van der Waals surface area (Å²) >= 11 is 1.76. The van der Waals surface area contributed by atoms with Gasteiger partial charge in [-0.25, -0.2) is 4.98 Å². The quantitative estimate of drug-likeness (QED) is 0.876. The van der Waals surface area contributed by atoms with E-state index in [4.69, 9.17) is 0 Å². The Morgan fingerprint density at radius 2 is 2.11 bits per heavy atom. The number of nitrogens with one attached hydrogen (secondary N) is 1. The summed E-state index contributed by atoms with van der Waals surface area (Å²) in [7, 11) is 0. The van der Waals surface area contributed by atoms with Crippen LogP contribution in [0.3, 0.4) is 0 Å². The van der Waals surface area contributed by atoms with Gasteiger partial charge < -0.3 is 5.32 Å². The molecule has 0 amide bonds. The number of hydrogen-bond donors (Lipinski definition) is 1. The van der Waals surface area contributed by atoms with Crippen LogP contribution in [-0.2, 0) is 0 Å². The maximum Gasteiger partial charge on any atom is 0.183 e. The van der Waals surface area contributed by atoms with Crippen LogP contribution in [0.5, 0.6) is 0 Å². The third kappa shape index (κ3) is 2.51. The zero-order chi connectivity index (χ0) is 12.4. The topological polar surface area (TPSA) is 24.9 Å². The Balaban J connectivity index is 1.65. The molecule has 2 aromatic rings. The van der Waals surface area contributed by atoms with Gasteiger partial charge in [0.2, 0.25) is 0 Å². The zero-order valence-electron chi connectivity index (χ0n) is 10.9. The van der Waals surface area contributed by atoms with E-state index in [-0.39, 0.29) is 0 Å². The lowest BCUT2D eigenvalue weighted by Gasteiger charge is -2.28. The Bertz CT molecular complexity index is 487. The van der Waals surface area contributed by atoms with Crippen molar-refractivity contribution in [2.24, 2.45) is 11.8 Å². The summed E-state index contributed by atoms with van der Waals surface area (Å²) in [5.74, 6) is 1.69. The second-order valence-electron chi connectivity index (χ2n) is 5.39. The van der Waals surface area contributed by atoms with Gasteiger partial charge in [-0.3, -0.25) is 0 Å². The van der Waals surface area contributed by atoms with Gasteiger partial charge in [0, 0.05) is 6.54 Å². The van der Waals surface area contributed by atoms with Gasteiger partial charge in [0.25, 0.3) is 0 Å². The Labute approximate surface area is 112 Å². The summed E-state index contributed by atoms with van der Waals surface area (Å²) < 4.78 is 1.27. The average molecular weight is 260 g/mol. The lowest BCUT2D eigenvalue weighted by molar-refractivity contribution is 0.268. The lowest BCUT2D eigenvalue weighted by Crippen LogP contribution is -2.24. The molecule has 1 aromatic carbocycles. The van der Waals surface area contributed by atoms with E-state index >= 15 is 0 Å². The smallest absolute Gasteiger partial charge is 0.183 e. The van der Waals surface area contributed by atoms with E-state index in [1.165, 1.54) is 30.4 Å². The van der Waals surface area contributed by atoms with Crippen molar-refractivity contribution in [3.05, 3.63) is 24.3 Å². The lowest BCUT2D eigenvalue weighted by atomic mass is 9.80. The summed E-state index contributed by atoms with van der Waals surface area (Å²) in [4.78, 5) is 4.63. The maximum atomic E-state index is 4.63. The van der Waals surface area contributed by atoms with Gasteiger partial charge in [-0.05, 0) is 30.4 Å². The number of fused-ring (bicyclic) bond motifs is 1.